The number of carbonyl (C=O) groups is 6. The van der Waals surface area contributed by atoms with E-state index in [4.69, 9.17) is 33.2 Å². The number of rotatable bonds is 45. The highest BCUT2D eigenvalue weighted by Crippen LogP contribution is 2.30. The Labute approximate surface area is 500 Å². The molecule has 3 aliphatic rings. The molecule has 3 fully saturated rings. The van der Waals surface area contributed by atoms with E-state index < -0.39 is 129 Å². The van der Waals surface area contributed by atoms with E-state index in [-0.39, 0.29) is 81.3 Å². The van der Waals surface area contributed by atoms with Crippen molar-refractivity contribution in [3.63, 3.8) is 0 Å². The smallest absolute Gasteiger partial charge is 0.223 e. The van der Waals surface area contributed by atoms with Crippen molar-refractivity contribution in [2.24, 2.45) is 23.7 Å². The van der Waals surface area contributed by atoms with Gasteiger partial charge in [0.25, 0.3) is 0 Å². The van der Waals surface area contributed by atoms with Crippen LogP contribution in [0.3, 0.4) is 0 Å². The fraction of sp³-hybridized carbons (Fsp3) is 0.897. The van der Waals surface area contributed by atoms with Crippen LogP contribution in [0.25, 0.3) is 0 Å². The van der Waals surface area contributed by atoms with E-state index in [0.29, 0.717) is 129 Å². The summed E-state index contributed by atoms with van der Waals surface area (Å²) < 4.78 is 39.1. The molecule has 8 unspecified atom stereocenters. The van der Waals surface area contributed by atoms with Gasteiger partial charge in [0, 0.05) is 109 Å². The number of ether oxygens (including phenoxy) is 7. The highest BCUT2D eigenvalue weighted by atomic mass is 16.7. The van der Waals surface area contributed by atoms with Gasteiger partial charge >= 0.3 is 0 Å². The van der Waals surface area contributed by atoms with E-state index in [1.54, 1.807) is 27.9 Å². The molecular formula is C58H105N5O22. The zero-order valence-electron chi connectivity index (χ0n) is 50.6. The molecule has 3 rings (SSSR count). The van der Waals surface area contributed by atoms with E-state index in [2.05, 4.69) is 26.6 Å². The molecule has 17 atom stereocenters. The van der Waals surface area contributed by atoms with E-state index in [1.807, 2.05) is 0 Å². The van der Waals surface area contributed by atoms with Gasteiger partial charge in [-0.3, -0.25) is 28.8 Å². The van der Waals surface area contributed by atoms with Crippen molar-refractivity contribution in [3.05, 3.63) is 0 Å². The number of nitrogens with one attached hydrogen (secondary N) is 5. The van der Waals surface area contributed by atoms with Gasteiger partial charge in [0.2, 0.25) is 29.5 Å². The summed E-state index contributed by atoms with van der Waals surface area (Å²) in [5.41, 5.74) is 0. The molecule has 27 heteroatoms. The highest BCUT2D eigenvalue weighted by Gasteiger charge is 2.45. The topological polar surface area (TPSA) is 409 Å². The monoisotopic (exact) mass is 1220 g/mol. The Bertz CT molecular complexity index is 1890. The second kappa shape index (κ2) is 43.1. The summed E-state index contributed by atoms with van der Waals surface area (Å²) in [5.74, 6) is -3.97. The zero-order valence-corrected chi connectivity index (χ0v) is 50.6. The fourth-order valence-electron chi connectivity index (χ4n) is 10.2. The number of methoxy groups -OCH3 is 1. The van der Waals surface area contributed by atoms with Crippen LogP contribution in [0.4, 0.5) is 0 Å². The summed E-state index contributed by atoms with van der Waals surface area (Å²) >= 11 is 0. The van der Waals surface area contributed by atoms with Gasteiger partial charge in [-0.25, -0.2) is 0 Å². The van der Waals surface area contributed by atoms with Crippen LogP contribution in [0.1, 0.15) is 149 Å². The first kappa shape index (κ1) is 75.6. The summed E-state index contributed by atoms with van der Waals surface area (Å²) in [6.07, 6.45) is -5.01. The summed E-state index contributed by atoms with van der Waals surface area (Å²) in [7, 11) is 1.55. The van der Waals surface area contributed by atoms with Crippen molar-refractivity contribution in [2.75, 3.05) is 79.5 Å². The highest BCUT2D eigenvalue weighted by molar-refractivity contribution is 5.92. The molecule has 0 bridgehead atoms. The number of carbonyl (C=O) groups excluding carboxylic acids is 6. The molecule has 85 heavy (non-hydrogen) atoms. The third-order valence-electron chi connectivity index (χ3n) is 15.9. The minimum Gasteiger partial charge on any atom is -0.394 e. The lowest BCUT2D eigenvalue weighted by Crippen LogP contribution is -2.55. The predicted molar refractivity (Wildman–Crippen MR) is 305 cm³/mol. The lowest BCUT2D eigenvalue weighted by atomic mass is 9.91. The summed E-state index contributed by atoms with van der Waals surface area (Å²) in [6, 6.07) is -0.960. The molecule has 494 valence electrons. The fourth-order valence-corrected chi connectivity index (χ4v) is 10.2. The number of ketones is 1. The average molecular weight is 1220 g/mol. The quantitative estimate of drug-likeness (QED) is 0.0320. The van der Waals surface area contributed by atoms with Crippen molar-refractivity contribution in [2.45, 2.75) is 229 Å². The van der Waals surface area contributed by atoms with Crippen LogP contribution in [0, 0.1) is 23.7 Å². The predicted octanol–water partition coefficient (Wildman–Crippen LogP) is -1.16. The van der Waals surface area contributed by atoms with Crippen LogP contribution in [0.15, 0.2) is 0 Å². The second-order valence-corrected chi connectivity index (χ2v) is 22.8. The Morgan fingerprint density at radius 2 is 0.788 bits per heavy atom. The van der Waals surface area contributed by atoms with Gasteiger partial charge in [0.15, 0.2) is 24.7 Å². The van der Waals surface area contributed by atoms with Crippen LogP contribution in [0.5, 0.6) is 0 Å². The molecule has 0 aliphatic carbocycles. The standard InChI is InChI=1S/C58H105N5O22/c1-36-49(72)52(75)42(33-64)83-56(36)80-28-15-9-21-45(68)59-24-13-7-18-39(55(78)62-26-12-5-6-20-47(70)61-27-31-79-4)32-41(67)40(63-48(71)23-11-17-30-82-58-38(3)51(74)54(77)44(35-66)85-58)19-8-14-25-60-46(69)22-10-16-29-81-57-37(2)50(73)53(76)43(34-65)84-57/h36-40,42-44,49-54,56-58,64-66,72-77H,5-35H2,1-4H3,(H,59,68)(H,60,69)(H,61,70)(H,62,78)(H,63,71)/t36?,37?,38?,39?,40?,42?,43?,44?,49-,50-,51-,52+,53+,54+,56-,57-,58-/m1/s1. The molecule has 27 nitrogen and oxygen atoms in total. The second-order valence-electron chi connectivity index (χ2n) is 22.8. The SMILES string of the molecule is COCCNC(=O)CCCCCNC(=O)C(CCCCNC(=O)CCCCO[C@@H]1OC(CO)[C@H](O)[C@H](O)C1C)CC(=O)C(CCCCNC(=O)CCCCO[C@@H]1OC(CO)[C@H](O)[C@H](O)C1C)NC(=O)CCCCO[C@@H]1OC(CO)[C@H](O)[C@H](O)C1C. The van der Waals surface area contributed by atoms with Crippen molar-refractivity contribution in [3.8, 4) is 0 Å². The minimum atomic E-state index is -1.27. The lowest BCUT2D eigenvalue weighted by molar-refractivity contribution is -0.282. The third kappa shape index (κ3) is 28.2. The molecule has 0 radical (unpaired) electrons. The lowest BCUT2D eigenvalue weighted by Gasteiger charge is -2.40. The van der Waals surface area contributed by atoms with Gasteiger partial charge in [-0.15, -0.1) is 0 Å². The molecule has 5 amide bonds. The van der Waals surface area contributed by atoms with Gasteiger partial charge < -0.3 is 106 Å². The number of aliphatic hydroxyl groups excluding tert-OH is 9. The van der Waals surface area contributed by atoms with Crippen LogP contribution in [0.2, 0.25) is 0 Å². The van der Waals surface area contributed by atoms with Gasteiger partial charge in [0.1, 0.15) is 36.6 Å². The van der Waals surface area contributed by atoms with Crippen LogP contribution < -0.4 is 26.6 Å². The van der Waals surface area contributed by atoms with E-state index in [9.17, 15) is 74.7 Å². The van der Waals surface area contributed by atoms with E-state index >= 15 is 0 Å². The largest absolute Gasteiger partial charge is 0.394 e. The molecule has 0 aromatic carbocycles. The Morgan fingerprint density at radius 1 is 0.424 bits per heavy atom. The van der Waals surface area contributed by atoms with Gasteiger partial charge in [0.05, 0.1) is 50.8 Å². The summed E-state index contributed by atoms with van der Waals surface area (Å²) in [6.45, 7) is 5.87. The Morgan fingerprint density at radius 3 is 1.20 bits per heavy atom. The average Bonchev–Trinajstić information content (AvgIpc) is 3.62. The van der Waals surface area contributed by atoms with Gasteiger partial charge in [-0.05, 0) is 83.5 Å². The van der Waals surface area contributed by atoms with Crippen LogP contribution in [-0.2, 0) is 61.9 Å². The number of amides is 5. The molecule has 14 N–H and O–H groups in total. The summed E-state index contributed by atoms with van der Waals surface area (Å²) in [4.78, 5) is 79.3. The number of unbranched alkanes of at least 4 members (excludes halogenated alkanes) is 7. The molecule has 3 saturated heterocycles. The molecular weight excluding hydrogens is 1120 g/mol. The molecule has 0 aromatic heterocycles. The Balaban J connectivity index is 1.56. The van der Waals surface area contributed by atoms with Crippen molar-refractivity contribution >= 4 is 35.3 Å². The van der Waals surface area contributed by atoms with Crippen LogP contribution in [-0.4, -0.2) is 241 Å². The summed E-state index contributed by atoms with van der Waals surface area (Å²) in [5, 5.41) is 104. The van der Waals surface area contributed by atoms with Gasteiger partial charge in [-0.1, -0.05) is 33.6 Å². The maximum absolute atomic E-state index is 14.3. The van der Waals surface area contributed by atoms with Gasteiger partial charge in [-0.2, -0.15) is 0 Å². The van der Waals surface area contributed by atoms with E-state index in [0.717, 1.165) is 0 Å². The number of Topliss-reactive ketones (excluding diaryl/α,β-unsaturated/α-hetero) is 1. The molecule has 0 spiro atoms. The molecule has 0 saturated carbocycles. The number of hydrogen-bond acceptors (Lipinski definition) is 22. The minimum absolute atomic E-state index is 0.0341. The maximum atomic E-state index is 14.3. The maximum Gasteiger partial charge on any atom is 0.223 e. The first-order valence-electron chi connectivity index (χ1n) is 30.9. The normalized spacial score (nSPS) is 28.5. The van der Waals surface area contributed by atoms with E-state index in [1.165, 1.54) is 0 Å². The third-order valence-corrected chi connectivity index (χ3v) is 15.9. The first-order chi connectivity index (χ1) is 40.8. The van der Waals surface area contributed by atoms with Crippen LogP contribution >= 0.6 is 0 Å². The first-order valence-corrected chi connectivity index (χ1v) is 30.9. The van der Waals surface area contributed by atoms with Crippen molar-refractivity contribution < 1.29 is 108 Å². The zero-order chi connectivity index (χ0) is 62.7. The van der Waals surface area contributed by atoms with Crippen molar-refractivity contribution in [1.82, 2.24) is 26.6 Å². The number of aliphatic hydroxyl groups is 9. The number of hydrogen-bond donors (Lipinski definition) is 14. The Hall–Kier alpha value is -3.62. The molecule has 0 aromatic rings. The molecule has 3 aliphatic heterocycles. The molecule has 3 heterocycles. The van der Waals surface area contributed by atoms with Crippen molar-refractivity contribution in [1.29, 1.82) is 0 Å². The Kier molecular flexibility index (Phi) is 38.4.